The third-order valence-electron chi connectivity index (χ3n) is 4.93. The fourth-order valence-corrected chi connectivity index (χ4v) is 5.25. The van der Waals surface area contributed by atoms with E-state index in [1.54, 1.807) is 0 Å². The predicted octanol–water partition coefficient (Wildman–Crippen LogP) is 0.543. The maximum absolute atomic E-state index is 11.8. The number of hydrogen-bond donors (Lipinski definition) is 1. The second-order valence-electron chi connectivity index (χ2n) is 6.92. The molecule has 9 heteroatoms. The number of hydrogen-bond acceptors (Lipinski definition) is 8. The highest BCUT2D eigenvalue weighted by molar-refractivity contribution is 7.91. The predicted molar refractivity (Wildman–Crippen MR) is 103 cm³/mol. The SMILES string of the molecule is CCN(c1nc(C)cc(NCCN2CCOCC2)n1)C1CCS(=O)(=O)C1. The fourth-order valence-electron chi connectivity index (χ4n) is 3.52. The lowest BCUT2D eigenvalue weighted by molar-refractivity contribution is 0.0398. The molecule has 3 rings (SSSR count). The first-order chi connectivity index (χ1) is 12.5. The van der Waals surface area contributed by atoms with Gasteiger partial charge in [-0.05, 0) is 20.3 Å². The monoisotopic (exact) mass is 383 g/mol. The Kier molecular flexibility index (Phi) is 6.31. The van der Waals surface area contributed by atoms with E-state index in [9.17, 15) is 8.42 Å². The van der Waals surface area contributed by atoms with Crippen LogP contribution in [0, 0.1) is 6.92 Å². The van der Waals surface area contributed by atoms with Crippen LogP contribution in [0.1, 0.15) is 19.0 Å². The summed E-state index contributed by atoms with van der Waals surface area (Å²) >= 11 is 0. The van der Waals surface area contributed by atoms with Gasteiger partial charge in [-0.1, -0.05) is 0 Å². The molecule has 1 aromatic rings. The van der Waals surface area contributed by atoms with Crippen LogP contribution in [0.4, 0.5) is 11.8 Å². The topological polar surface area (TPSA) is 87.7 Å². The van der Waals surface area contributed by atoms with Gasteiger partial charge in [0.15, 0.2) is 9.84 Å². The summed E-state index contributed by atoms with van der Waals surface area (Å²) in [5.74, 6) is 1.85. The Morgan fingerprint density at radius 1 is 1.35 bits per heavy atom. The van der Waals surface area contributed by atoms with Crippen molar-refractivity contribution in [2.45, 2.75) is 26.3 Å². The molecule has 3 heterocycles. The molecule has 1 N–H and O–H groups in total. The van der Waals surface area contributed by atoms with E-state index in [1.807, 2.05) is 24.8 Å². The van der Waals surface area contributed by atoms with Crippen molar-refractivity contribution < 1.29 is 13.2 Å². The van der Waals surface area contributed by atoms with Crippen LogP contribution in [0.15, 0.2) is 6.07 Å². The number of morpholine rings is 1. The molecule has 1 unspecified atom stereocenters. The maximum atomic E-state index is 11.8. The van der Waals surface area contributed by atoms with Gasteiger partial charge in [0, 0.05) is 50.5 Å². The van der Waals surface area contributed by atoms with Crippen molar-refractivity contribution in [3.05, 3.63) is 11.8 Å². The molecule has 2 saturated heterocycles. The van der Waals surface area contributed by atoms with E-state index in [0.29, 0.717) is 18.9 Å². The van der Waals surface area contributed by atoms with E-state index in [-0.39, 0.29) is 17.5 Å². The summed E-state index contributed by atoms with van der Waals surface area (Å²) in [5.41, 5.74) is 0.878. The van der Waals surface area contributed by atoms with Gasteiger partial charge in [0.1, 0.15) is 5.82 Å². The Bertz CT molecular complexity index is 706. The van der Waals surface area contributed by atoms with Crippen molar-refractivity contribution in [1.82, 2.24) is 14.9 Å². The average molecular weight is 384 g/mol. The summed E-state index contributed by atoms with van der Waals surface area (Å²) in [6, 6.07) is 1.90. The number of nitrogens with one attached hydrogen (secondary N) is 1. The van der Waals surface area contributed by atoms with Crippen molar-refractivity contribution >= 4 is 21.6 Å². The van der Waals surface area contributed by atoms with Crippen LogP contribution in [0.2, 0.25) is 0 Å². The van der Waals surface area contributed by atoms with E-state index in [2.05, 4.69) is 20.2 Å². The molecule has 26 heavy (non-hydrogen) atoms. The molecule has 0 radical (unpaired) electrons. The number of nitrogens with zero attached hydrogens (tertiary/aromatic N) is 4. The van der Waals surface area contributed by atoms with Crippen molar-refractivity contribution in [3.8, 4) is 0 Å². The van der Waals surface area contributed by atoms with E-state index >= 15 is 0 Å². The molecule has 0 amide bonds. The number of sulfone groups is 1. The third-order valence-corrected chi connectivity index (χ3v) is 6.68. The minimum absolute atomic E-state index is 0.0343. The van der Waals surface area contributed by atoms with Crippen molar-refractivity contribution in [3.63, 3.8) is 0 Å². The smallest absolute Gasteiger partial charge is 0.227 e. The maximum Gasteiger partial charge on any atom is 0.227 e. The molecule has 146 valence electrons. The number of ether oxygens (including phenoxy) is 1. The molecule has 0 bridgehead atoms. The van der Waals surface area contributed by atoms with E-state index in [0.717, 1.165) is 50.9 Å². The summed E-state index contributed by atoms with van der Waals surface area (Å²) in [6.45, 7) is 9.93. The molecule has 0 aliphatic carbocycles. The average Bonchev–Trinajstić information content (AvgIpc) is 2.96. The zero-order chi connectivity index (χ0) is 18.6. The quantitative estimate of drug-likeness (QED) is 0.730. The summed E-state index contributed by atoms with van der Waals surface area (Å²) < 4.78 is 29.0. The van der Waals surface area contributed by atoms with Gasteiger partial charge in [0.05, 0.1) is 24.7 Å². The van der Waals surface area contributed by atoms with Crippen molar-refractivity contribution in [2.75, 3.05) is 67.7 Å². The minimum Gasteiger partial charge on any atom is -0.379 e. The number of aryl methyl sites for hydroxylation is 1. The molecule has 1 aromatic heterocycles. The molecule has 1 atom stereocenters. The van der Waals surface area contributed by atoms with Gasteiger partial charge in [-0.3, -0.25) is 4.90 Å². The summed E-state index contributed by atoms with van der Waals surface area (Å²) in [5, 5.41) is 3.38. The van der Waals surface area contributed by atoms with Crippen LogP contribution in [-0.4, -0.2) is 86.8 Å². The molecule has 8 nitrogen and oxygen atoms in total. The van der Waals surface area contributed by atoms with Gasteiger partial charge in [-0.2, -0.15) is 4.98 Å². The van der Waals surface area contributed by atoms with Gasteiger partial charge < -0.3 is 15.0 Å². The Morgan fingerprint density at radius 2 is 2.12 bits per heavy atom. The number of aromatic nitrogens is 2. The molecule has 0 aromatic carbocycles. The molecular weight excluding hydrogens is 354 g/mol. The second-order valence-corrected chi connectivity index (χ2v) is 9.15. The highest BCUT2D eigenvalue weighted by atomic mass is 32.2. The molecule has 0 spiro atoms. The zero-order valence-electron chi connectivity index (χ0n) is 15.6. The first-order valence-electron chi connectivity index (χ1n) is 9.33. The molecule has 2 aliphatic rings. The van der Waals surface area contributed by atoms with Crippen LogP contribution in [0.5, 0.6) is 0 Å². The second kappa shape index (κ2) is 8.49. The Morgan fingerprint density at radius 3 is 2.77 bits per heavy atom. The third kappa shape index (κ3) is 5.05. The Balaban J connectivity index is 1.64. The molecule has 2 aliphatic heterocycles. The van der Waals surface area contributed by atoms with Gasteiger partial charge in [0.2, 0.25) is 5.95 Å². The highest BCUT2D eigenvalue weighted by Crippen LogP contribution is 2.23. The number of rotatable bonds is 7. The lowest BCUT2D eigenvalue weighted by atomic mass is 10.2. The first-order valence-corrected chi connectivity index (χ1v) is 11.2. The molecular formula is C17H29N5O3S. The largest absolute Gasteiger partial charge is 0.379 e. The van der Waals surface area contributed by atoms with Crippen LogP contribution >= 0.6 is 0 Å². The normalized spacial score (nSPS) is 23.1. The first kappa shape index (κ1) is 19.3. The fraction of sp³-hybridized carbons (Fsp3) is 0.765. The van der Waals surface area contributed by atoms with Crippen LogP contribution in [0.25, 0.3) is 0 Å². The van der Waals surface area contributed by atoms with E-state index in [1.165, 1.54) is 0 Å². The van der Waals surface area contributed by atoms with Crippen LogP contribution < -0.4 is 10.2 Å². The van der Waals surface area contributed by atoms with E-state index in [4.69, 9.17) is 4.74 Å². The van der Waals surface area contributed by atoms with Crippen LogP contribution in [-0.2, 0) is 14.6 Å². The van der Waals surface area contributed by atoms with Crippen LogP contribution in [0.3, 0.4) is 0 Å². The van der Waals surface area contributed by atoms with Gasteiger partial charge in [-0.25, -0.2) is 13.4 Å². The Hall–Kier alpha value is -1.45. The Labute approximate surface area is 155 Å². The highest BCUT2D eigenvalue weighted by Gasteiger charge is 2.33. The number of anilines is 2. The van der Waals surface area contributed by atoms with Crippen molar-refractivity contribution in [2.24, 2.45) is 0 Å². The van der Waals surface area contributed by atoms with E-state index < -0.39 is 9.84 Å². The van der Waals surface area contributed by atoms with Gasteiger partial charge >= 0.3 is 0 Å². The van der Waals surface area contributed by atoms with Crippen molar-refractivity contribution in [1.29, 1.82) is 0 Å². The summed E-state index contributed by atoms with van der Waals surface area (Å²) in [7, 11) is -2.93. The minimum atomic E-state index is -2.93. The zero-order valence-corrected chi connectivity index (χ0v) is 16.5. The van der Waals surface area contributed by atoms with Gasteiger partial charge in [-0.15, -0.1) is 0 Å². The standard InChI is InChI=1S/C17H29N5O3S/c1-3-22(15-4-11-26(23,24)13-15)17-19-14(2)12-16(20-17)18-5-6-21-7-9-25-10-8-21/h12,15H,3-11,13H2,1-2H3,(H,18,19,20). The lowest BCUT2D eigenvalue weighted by Crippen LogP contribution is -2.39. The van der Waals surface area contributed by atoms with Gasteiger partial charge in [0.25, 0.3) is 0 Å². The summed E-state index contributed by atoms with van der Waals surface area (Å²) in [6.07, 6.45) is 0.646. The molecule has 2 fully saturated rings. The summed E-state index contributed by atoms with van der Waals surface area (Å²) in [4.78, 5) is 13.6. The lowest BCUT2D eigenvalue weighted by Gasteiger charge is -2.28. The molecule has 0 saturated carbocycles.